The zero-order chi connectivity index (χ0) is 19.1. The average Bonchev–Trinajstić information content (AvgIpc) is 2.64. The maximum atomic E-state index is 12.4. The minimum atomic E-state index is -1.08. The fourth-order valence-corrected chi connectivity index (χ4v) is 2.32. The molecule has 2 aromatic rings. The van der Waals surface area contributed by atoms with Crippen LogP contribution in [-0.4, -0.2) is 31.3 Å². The molecule has 138 valence electrons. The molecule has 0 aliphatic carbocycles. The number of amides is 2. The molecule has 0 aromatic heterocycles. The van der Waals surface area contributed by atoms with Gasteiger partial charge in [0.1, 0.15) is 0 Å². The Labute approximate surface area is 150 Å². The summed E-state index contributed by atoms with van der Waals surface area (Å²) < 4.78 is 10.3. The molecule has 26 heavy (non-hydrogen) atoms. The fourth-order valence-electron chi connectivity index (χ4n) is 2.32. The van der Waals surface area contributed by atoms with Gasteiger partial charge in [-0.15, -0.1) is 0 Å². The Kier molecular flexibility index (Phi) is 6.26. The van der Waals surface area contributed by atoms with Crippen LogP contribution in [0.5, 0.6) is 11.5 Å². The highest BCUT2D eigenvalue weighted by molar-refractivity contribution is 6.00. The fraction of sp³-hybridized carbons (Fsp3) is 0.222. The number of hydrogen-bond acceptors (Lipinski definition) is 5. The van der Waals surface area contributed by atoms with Crippen LogP contribution in [0.3, 0.4) is 0 Å². The number of hydrogen-bond donors (Lipinski definition) is 4. The Bertz CT molecular complexity index is 790. The zero-order valence-electron chi connectivity index (χ0n) is 14.5. The van der Waals surface area contributed by atoms with Gasteiger partial charge in [0.2, 0.25) is 0 Å². The summed E-state index contributed by atoms with van der Waals surface area (Å²) in [7, 11) is 2.98. The third-order valence-electron chi connectivity index (χ3n) is 3.72. The molecular formula is C18H21N3O5. The van der Waals surface area contributed by atoms with Crippen LogP contribution in [-0.2, 0) is 13.1 Å². The van der Waals surface area contributed by atoms with Gasteiger partial charge in [0, 0.05) is 24.8 Å². The van der Waals surface area contributed by atoms with Crippen LogP contribution < -0.4 is 25.8 Å². The Morgan fingerprint density at radius 2 is 1.46 bits per heavy atom. The standard InChI is InChI=1S/C18H21N3O5/c1-25-15-7-13(14(19)8-16(15)26-2)17(22)20-9-11-3-5-12(6-4-11)10-21-18(23)24/h3-8,21H,9-10,19H2,1-2H3,(H,20,22)(H,23,24). The number of methoxy groups -OCH3 is 2. The first kappa shape index (κ1) is 18.9. The van der Waals surface area contributed by atoms with Crippen LogP contribution in [0, 0.1) is 0 Å². The number of anilines is 1. The molecule has 0 heterocycles. The summed E-state index contributed by atoms with van der Waals surface area (Å²) in [6.45, 7) is 0.531. The van der Waals surface area contributed by atoms with E-state index in [-0.39, 0.29) is 18.1 Å². The number of nitrogens with one attached hydrogen (secondary N) is 2. The van der Waals surface area contributed by atoms with Crippen LogP contribution in [0.1, 0.15) is 21.5 Å². The summed E-state index contributed by atoms with van der Waals surface area (Å²) in [5, 5.41) is 13.7. The van der Waals surface area contributed by atoms with E-state index in [1.165, 1.54) is 26.4 Å². The lowest BCUT2D eigenvalue weighted by molar-refractivity contribution is 0.0951. The summed E-state index contributed by atoms with van der Waals surface area (Å²) in [6.07, 6.45) is -1.08. The number of rotatable bonds is 7. The lowest BCUT2D eigenvalue weighted by atomic mass is 10.1. The molecule has 0 spiro atoms. The highest BCUT2D eigenvalue weighted by Gasteiger charge is 2.15. The van der Waals surface area contributed by atoms with E-state index in [9.17, 15) is 9.59 Å². The van der Waals surface area contributed by atoms with Gasteiger partial charge in [-0.05, 0) is 17.2 Å². The van der Waals surface area contributed by atoms with Crippen molar-refractivity contribution in [3.05, 3.63) is 53.1 Å². The van der Waals surface area contributed by atoms with Gasteiger partial charge in [-0.3, -0.25) is 4.79 Å². The van der Waals surface area contributed by atoms with Crippen molar-refractivity contribution in [2.75, 3.05) is 20.0 Å². The Hall–Kier alpha value is -3.42. The lowest BCUT2D eigenvalue weighted by Gasteiger charge is -2.13. The molecule has 8 heteroatoms. The van der Waals surface area contributed by atoms with Crippen molar-refractivity contribution in [2.45, 2.75) is 13.1 Å². The van der Waals surface area contributed by atoms with E-state index < -0.39 is 6.09 Å². The number of nitrogen functional groups attached to an aromatic ring is 1. The number of carbonyl (C=O) groups is 2. The monoisotopic (exact) mass is 359 g/mol. The largest absolute Gasteiger partial charge is 0.493 e. The van der Waals surface area contributed by atoms with Crippen molar-refractivity contribution in [1.29, 1.82) is 0 Å². The number of nitrogens with two attached hydrogens (primary N) is 1. The molecule has 0 radical (unpaired) electrons. The van der Waals surface area contributed by atoms with E-state index in [4.69, 9.17) is 20.3 Å². The first-order valence-corrected chi connectivity index (χ1v) is 7.79. The molecule has 2 rings (SSSR count). The second kappa shape index (κ2) is 8.61. The van der Waals surface area contributed by atoms with Crippen LogP contribution in [0.25, 0.3) is 0 Å². The predicted octanol–water partition coefficient (Wildman–Crippen LogP) is 1.98. The summed E-state index contributed by atoms with van der Waals surface area (Å²) >= 11 is 0. The molecule has 0 bridgehead atoms. The van der Waals surface area contributed by atoms with Gasteiger partial charge in [-0.2, -0.15) is 0 Å². The SMILES string of the molecule is COc1cc(N)c(C(=O)NCc2ccc(CNC(=O)O)cc2)cc1OC. The topological polar surface area (TPSA) is 123 Å². The number of carbonyl (C=O) groups excluding carboxylic acids is 1. The second-order valence-electron chi connectivity index (χ2n) is 5.45. The highest BCUT2D eigenvalue weighted by Crippen LogP contribution is 2.31. The lowest BCUT2D eigenvalue weighted by Crippen LogP contribution is -2.24. The number of ether oxygens (including phenoxy) is 2. The number of carboxylic acid groups (broad SMARTS) is 1. The molecule has 2 aromatic carbocycles. The summed E-state index contributed by atoms with van der Waals surface area (Å²) in [5.74, 6) is 0.536. The second-order valence-corrected chi connectivity index (χ2v) is 5.45. The van der Waals surface area contributed by atoms with Crippen molar-refractivity contribution in [3.8, 4) is 11.5 Å². The van der Waals surface area contributed by atoms with Gasteiger partial charge in [0.15, 0.2) is 11.5 Å². The van der Waals surface area contributed by atoms with E-state index in [1.807, 2.05) is 12.1 Å². The molecule has 0 aliphatic rings. The van der Waals surface area contributed by atoms with Gasteiger partial charge < -0.3 is 30.9 Å². The van der Waals surface area contributed by atoms with Gasteiger partial charge in [0.25, 0.3) is 5.91 Å². The first-order valence-electron chi connectivity index (χ1n) is 7.79. The van der Waals surface area contributed by atoms with Crippen molar-refractivity contribution < 1.29 is 24.2 Å². The Morgan fingerprint density at radius 3 is 1.96 bits per heavy atom. The molecule has 0 fully saturated rings. The van der Waals surface area contributed by atoms with Gasteiger partial charge >= 0.3 is 6.09 Å². The van der Waals surface area contributed by atoms with Crippen molar-refractivity contribution in [1.82, 2.24) is 10.6 Å². The van der Waals surface area contributed by atoms with Gasteiger partial charge in [-0.1, -0.05) is 24.3 Å². The molecular weight excluding hydrogens is 338 g/mol. The first-order chi connectivity index (χ1) is 12.4. The van der Waals surface area contributed by atoms with Gasteiger partial charge in [-0.25, -0.2) is 4.79 Å². The molecule has 0 aliphatic heterocycles. The molecule has 0 saturated carbocycles. The maximum absolute atomic E-state index is 12.4. The maximum Gasteiger partial charge on any atom is 0.404 e. The van der Waals surface area contributed by atoms with E-state index in [1.54, 1.807) is 12.1 Å². The Balaban J connectivity index is 2.01. The number of benzene rings is 2. The summed E-state index contributed by atoms with van der Waals surface area (Å²) in [5.41, 5.74) is 8.20. The highest BCUT2D eigenvalue weighted by atomic mass is 16.5. The third kappa shape index (κ3) is 4.79. The van der Waals surface area contributed by atoms with E-state index in [2.05, 4.69) is 10.6 Å². The van der Waals surface area contributed by atoms with E-state index >= 15 is 0 Å². The molecule has 8 nitrogen and oxygen atoms in total. The average molecular weight is 359 g/mol. The van der Waals surface area contributed by atoms with E-state index in [0.717, 1.165) is 11.1 Å². The minimum absolute atomic E-state index is 0.226. The van der Waals surface area contributed by atoms with Gasteiger partial charge in [0.05, 0.1) is 19.8 Å². The smallest absolute Gasteiger partial charge is 0.404 e. The van der Waals surface area contributed by atoms with Crippen LogP contribution >= 0.6 is 0 Å². The quantitative estimate of drug-likeness (QED) is 0.561. The van der Waals surface area contributed by atoms with Crippen LogP contribution in [0.2, 0.25) is 0 Å². The molecule has 0 saturated heterocycles. The van der Waals surface area contributed by atoms with Crippen LogP contribution in [0.15, 0.2) is 36.4 Å². The molecule has 0 unspecified atom stereocenters. The summed E-state index contributed by atoms with van der Waals surface area (Å²) in [6, 6.07) is 10.3. The van der Waals surface area contributed by atoms with E-state index in [0.29, 0.717) is 23.6 Å². The molecule has 5 N–H and O–H groups in total. The summed E-state index contributed by atoms with van der Waals surface area (Å²) in [4.78, 5) is 22.9. The Morgan fingerprint density at radius 1 is 0.962 bits per heavy atom. The molecule has 2 amide bonds. The van der Waals surface area contributed by atoms with Crippen molar-refractivity contribution in [2.24, 2.45) is 0 Å². The van der Waals surface area contributed by atoms with Crippen molar-refractivity contribution >= 4 is 17.7 Å². The normalized spacial score (nSPS) is 10.1. The molecule has 0 atom stereocenters. The van der Waals surface area contributed by atoms with Crippen LogP contribution in [0.4, 0.5) is 10.5 Å². The minimum Gasteiger partial charge on any atom is -0.493 e. The van der Waals surface area contributed by atoms with Crippen molar-refractivity contribution in [3.63, 3.8) is 0 Å². The zero-order valence-corrected chi connectivity index (χ0v) is 14.5. The predicted molar refractivity (Wildman–Crippen MR) is 96.4 cm³/mol. The third-order valence-corrected chi connectivity index (χ3v) is 3.72.